The fourth-order valence-electron chi connectivity index (χ4n) is 1.97. The van der Waals surface area contributed by atoms with Crippen molar-refractivity contribution in [3.8, 4) is 0 Å². The Labute approximate surface area is 112 Å². The van der Waals surface area contributed by atoms with Gasteiger partial charge in [-0.05, 0) is 25.1 Å². The van der Waals surface area contributed by atoms with Crippen LogP contribution in [0.5, 0.6) is 0 Å². The SMILES string of the molecule is CCNc1ccc(Cl)cc1C(=O)N1CCOCC1. The molecule has 18 heavy (non-hydrogen) atoms. The van der Waals surface area contributed by atoms with Crippen molar-refractivity contribution >= 4 is 23.2 Å². The molecule has 0 atom stereocenters. The standard InChI is InChI=1S/C13H17ClN2O2/c1-2-15-12-4-3-10(14)9-11(12)13(17)16-5-7-18-8-6-16/h3-4,9,15H,2,5-8H2,1H3. The maximum Gasteiger partial charge on any atom is 0.256 e. The number of anilines is 1. The smallest absolute Gasteiger partial charge is 0.256 e. The lowest BCUT2D eigenvalue weighted by atomic mass is 10.1. The van der Waals surface area contributed by atoms with Crippen molar-refractivity contribution in [1.29, 1.82) is 0 Å². The summed E-state index contributed by atoms with van der Waals surface area (Å²) >= 11 is 5.98. The number of hydrogen-bond donors (Lipinski definition) is 1. The lowest BCUT2D eigenvalue weighted by Crippen LogP contribution is -2.40. The van der Waals surface area contributed by atoms with Gasteiger partial charge in [-0.15, -0.1) is 0 Å². The normalized spacial score (nSPS) is 15.6. The number of carbonyl (C=O) groups is 1. The Bertz CT molecular complexity index is 431. The molecule has 1 aromatic carbocycles. The van der Waals surface area contributed by atoms with Gasteiger partial charge in [0.25, 0.3) is 5.91 Å². The molecular formula is C13H17ClN2O2. The Kier molecular flexibility index (Phi) is 4.44. The van der Waals surface area contributed by atoms with Crippen molar-refractivity contribution in [2.24, 2.45) is 0 Å². The topological polar surface area (TPSA) is 41.6 Å². The molecule has 1 aromatic rings. The highest BCUT2D eigenvalue weighted by molar-refractivity contribution is 6.31. The molecule has 0 aromatic heterocycles. The van der Waals surface area contributed by atoms with E-state index < -0.39 is 0 Å². The van der Waals surface area contributed by atoms with Gasteiger partial charge in [0.2, 0.25) is 0 Å². The zero-order valence-electron chi connectivity index (χ0n) is 10.4. The molecule has 1 aliphatic rings. The van der Waals surface area contributed by atoms with Crippen LogP contribution in [0.15, 0.2) is 18.2 Å². The van der Waals surface area contributed by atoms with Crippen LogP contribution in [0.2, 0.25) is 5.02 Å². The number of ether oxygens (including phenoxy) is 1. The highest BCUT2D eigenvalue weighted by Gasteiger charge is 2.21. The van der Waals surface area contributed by atoms with Gasteiger partial charge >= 0.3 is 0 Å². The van der Waals surface area contributed by atoms with Crippen LogP contribution in [-0.2, 0) is 4.74 Å². The van der Waals surface area contributed by atoms with E-state index in [9.17, 15) is 4.79 Å². The third-order valence-corrected chi connectivity index (χ3v) is 3.11. The summed E-state index contributed by atoms with van der Waals surface area (Å²) < 4.78 is 5.25. The van der Waals surface area contributed by atoms with E-state index in [0.717, 1.165) is 12.2 Å². The number of amides is 1. The number of morpholine rings is 1. The van der Waals surface area contributed by atoms with Gasteiger partial charge < -0.3 is 15.0 Å². The zero-order valence-corrected chi connectivity index (χ0v) is 11.2. The highest BCUT2D eigenvalue weighted by atomic mass is 35.5. The van der Waals surface area contributed by atoms with E-state index in [4.69, 9.17) is 16.3 Å². The predicted molar refractivity (Wildman–Crippen MR) is 72.3 cm³/mol. The zero-order chi connectivity index (χ0) is 13.0. The van der Waals surface area contributed by atoms with Gasteiger partial charge in [0, 0.05) is 30.3 Å². The average molecular weight is 269 g/mol. The van der Waals surface area contributed by atoms with Gasteiger partial charge in [-0.2, -0.15) is 0 Å². The van der Waals surface area contributed by atoms with Gasteiger partial charge in [-0.1, -0.05) is 11.6 Å². The number of nitrogens with zero attached hydrogens (tertiary/aromatic N) is 1. The molecule has 1 heterocycles. The quantitative estimate of drug-likeness (QED) is 0.914. The Morgan fingerprint density at radius 2 is 2.17 bits per heavy atom. The molecule has 1 saturated heterocycles. The third-order valence-electron chi connectivity index (χ3n) is 2.88. The molecule has 1 N–H and O–H groups in total. The fourth-order valence-corrected chi connectivity index (χ4v) is 2.15. The van der Waals surface area contributed by atoms with Crippen LogP contribution in [0.1, 0.15) is 17.3 Å². The number of rotatable bonds is 3. The molecule has 98 valence electrons. The summed E-state index contributed by atoms with van der Waals surface area (Å²) in [4.78, 5) is 14.2. The second kappa shape index (κ2) is 6.07. The Balaban J connectivity index is 2.24. The van der Waals surface area contributed by atoms with Crippen molar-refractivity contribution in [3.63, 3.8) is 0 Å². The molecule has 5 heteroatoms. The van der Waals surface area contributed by atoms with E-state index in [-0.39, 0.29) is 5.91 Å². The van der Waals surface area contributed by atoms with E-state index in [0.29, 0.717) is 36.9 Å². The molecule has 0 saturated carbocycles. The monoisotopic (exact) mass is 268 g/mol. The van der Waals surface area contributed by atoms with Crippen LogP contribution in [-0.4, -0.2) is 43.7 Å². The minimum absolute atomic E-state index is 0.0109. The van der Waals surface area contributed by atoms with Crippen LogP contribution in [0.3, 0.4) is 0 Å². The van der Waals surface area contributed by atoms with Crippen molar-refractivity contribution in [2.45, 2.75) is 6.92 Å². The molecule has 1 amide bonds. The Hall–Kier alpha value is -1.26. The highest BCUT2D eigenvalue weighted by Crippen LogP contribution is 2.22. The summed E-state index contributed by atoms with van der Waals surface area (Å²) in [7, 11) is 0. The van der Waals surface area contributed by atoms with Crippen LogP contribution in [0.25, 0.3) is 0 Å². The van der Waals surface area contributed by atoms with Crippen molar-refractivity contribution in [2.75, 3.05) is 38.2 Å². The van der Waals surface area contributed by atoms with Crippen LogP contribution >= 0.6 is 11.6 Å². The number of benzene rings is 1. The summed E-state index contributed by atoms with van der Waals surface area (Å²) in [6.07, 6.45) is 0. The van der Waals surface area contributed by atoms with Crippen LogP contribution in [0.4, 0.5) is 5.69 Å². The largest absolute Gasteiger partial charge is 0.385 e. The van der Waals surface area contributed by atoms with E-state index in [2.05, 4.69) is 5.32 Å². The molecule has 1 fully saturated rings. The average Bonchev–Trinajstić information content (AvgIpc) is 2.41. The summed E-state index contributed by atoms with van der Waals surface area (Å²) in [5, 5.41) is 3.76. The molecule has 0 radical (unpaired) electrons. The fraction of sp³-hybridized carbons (Fsp3) is 0.462. The Morgan fingerprint density at radius 3 is 2.83 bits per heavy atom. The number of nitrogens with one attached hydrogen (secondary N) is 1. The maximum absolute atomic E-state index is 12.4. The first kappa shape index (κ1) is 13.2. The molecule has 0 unspecified atom stereocenters. The van der Waals surface area contributed by atoms with Gasteiger partial charge in [-0.25, -0.2) is 0 Å². The summed E-state index contributed by atoms with van der Waals surface area (Å²) in [6.45, 7) is 5.24. The molecule has 1 aliphatic heterocycles. The minimum atomic E-state index is 0.0109. The van der Waals surface area contributed by atoms with Gasteiger partial charge in [-0.3, -0.25) is 4.79 Å². The van der Waals surface area contributed by atoms with E-state index in [1.165, 1.54) is 0 Å². The third kappa shape index (κ3) is 2.94. The van der Waals surface area contributed by atoms with Crippen molar-refractivity contribution in [3.05, 3.63) is 28.8 Å². The lowest BCUT2D eigenvalue weighted by Gasteiger charge is -2.27. The summed E-state index contributed by atoms with van der Waals surface area (Å²) in [5.74, 6) is 0.0109. The molecule has 0 bridgehead atoms. The molecule has 2 rings (SSSR count). The maximum atomic E-state index is 12.4. The van der Waals surface area contributed by atoms with E-state index in [1.807, 2.05) is 13.0 Å². The van der Waals surface area contributed by atoms with E-state index in [1.54, 1.807) is 17.0 Å². The number of hydrogen-bond acceptors (Lipinski definition) is 3. The van der Waals surface area contributed by atoms with Gasteiger partial charge in [0.15, 0.2) is 0 Å². The first-order chi connectivity index (χ1) is 8.72. The first-order valence-corrected chi connectivity index (χ1v) is 6.50. The van der Waals surface area contributed by atoms with Crippen LogP contribution < -0.4 is 5.32 Å². The summed E-state index contributed by atoms with van der Waals surface area (Å²) in [6, 6.07) is 5.35. The molecule has 0 spiro atoms. The van der Waals surface area contributed by atoms with E-state index >= 15 is 0 Å². The molecule has 0 aliphatic carbocycles. The van der Waals surface area contributed by atoms with Gasteiger partial charge in [0.05, 0.1) is 18.8 Å². The van der Waals surface area contributed by atoms with Crippen molar-refractivity contribution < 1.29 is 9.53 Å². The predicted octanol–water partition coefficient (Wildman–Crippen LogP) is 2.24. The number of carbonyl (C=O) groups excluding carboxylic acids is 1. The minimum Gasteiger partial charge on any atom is -0.385 e. The van der Waals surface area contributed by atoms with Gasteiger partial charge in [0.1, 0.15) is 0 Å². The summed E-state index contributed by atoms with van der Waals surface area (Å²) in [5.41, 5.74) is 1.46. The second-order valence-electron chi connectivity index (χ2n) is 4.12. The molecular weight excluding hydrogens is 252 g/mol. The second-order valence-corrected chi connectivity index (χ2v) is 4.56. The lowest BCUT2D eigenvalue weighted by molar-refractivity contribution is 0.0303. The number of halogens is 1. The van der Waals surface area contributed by atoms with Crippen LogP contribution in [0, 0.1) is 0 Å². The Morgan fingerprint density at radius 1 is 1.44 bits per heavy atom. The van der Waals surface area contributed by atoms with Crippen molar-refractivity contribution in [1.82, 2.24) is 4.90 Å². The molecule has 4 nitrogen and oxygen atoms in total. The first-order valence-electron chi connectivity index (χ1n) is 6.13.